The van der Waals surface area contributed by atoms with Crippen molar-refractivity contribution >= 4 is 34.4 Å². The molecule has 1 saturated heterocycles. The smallest absolute Gasteiger partial charge is 0.251 e. The number of nitrogens with two attached hydrogens (primary N) is 1. The van der Waals surface area contributed by atoms with E-state index in [1.807, 2.05) is 45.9 Å². The number of likely N-dealkylation sites (tertiary alicyclic amines) is 1. The highest BCUT2D eigenvalue weighted by atomic mass is 16.2. The summed E-state index contributed by atoms with van der Waals surface area (Å²) in [5, 5.41) is 6.90. The van der Waals surface area contributed by atoms with E-state index in [2.05, 4.69) is 39.4 Å². The molecule has 1 saturated carbocycles. The van der Waals surface area contributed by atoms with Crippen molar-refractivity contribution in [1.82, 2.24) is 25.2 Å². The van der Waals surface area contributed by atoms with Crippen molar-refractivity contribution in [3.63, 3.8) is 0 Å². The van der Waals surface area contributed by atoms with Crippen molar-refractivity contribution in [1.29, 1.82) is 0 Å². The molecule has 11 nitrogen and oxygen atoms in total. The molecular formula is C32H41N7O4. The number of aryl methyl sites for hydroxylation is 2. The summed E-state index contributed by atoms with van der Waals surface area (Å²) in [4.78, 5) is 66.6. The first-order chi connectivity index (χ1) is 20.1. The second kappa shape index (κ2) is 10.8. The first kappa shape index (κ1) is 30.2. The second-order valence-electron chi connectivity index (χ2n) is 13.7. The molecule has 3 amide bonds. The van der Waals surface area contributed by atoms with Gasteiger partial charge in [0, 0.05) is 30.2 Å². The van der Waals surface area contributed by atoms with E-state index in [4.69, 9.17) is 5.73 Å². The van der Waals surface area contributed by atoms with E-state index in [9.17, 15) is 19.2 Å². The van der Waals surface area contributed by atoms with Gasteiger partial charge in [0.25, 0.3) is 5.56 Å². The van der Waals surface area contributed by atoms with Crippen LogP contribution in [-0.2, 0) is 20.8 Å². The van der Waals surface area contributed by atoms with E-state index < -0.39 is 35.4 Å². The molecule has 5 atom stereocenters. The lowest BCUT2D eigenvalue weighted by Crippen LogP contribution is -2.58. The molecule has 5 N–H and O–H groups in total. The molecule has 0 radical (unpaired) electrons. The number of rotatable bonds is 8. The Kier molecular flexibility index (Phi) is 7.56. The molecule has 2 aromatic heterocycles. The van der Waals surface area contributed by atoms with Crippen molar-refractivity contribution in [2.45, 2.75) is 73.0 Å². The molecule has 3 heterocycles. The number of hydrogen-bond acceptors (Lipinski definition) is 7. The minimum Gasteiger partial charge on any atom is -0.368 e. The second-order valence-corrected chi connectivity index (χ2v) is 13.7. The van der Waals surface area contributed by atoms with Gasteiger partial charge in [-0.1, -0.05) is 46.2 Å². The van der Waals surface area contributed by atoms with Gasteiger partial charge in [-0.05, 0) is 66.2 Å². The molecular weight excluding hydrogens is 546 g/mol. The number of H-pyrrole nitrogens is 1. The summed E-state index contributed by atoms with van der Waals surface area (Å²) in [7, 11) is 0. The highest BCUT2D eigenvalue weighted by Gasteiger charge is 2.69. The number of anilines is 1. The van der Waals surface area contributed by atoms with E-state index in [0.717, 1.165) is 10.9 Å². The first-order valence-corrected chi connectivity index (χ1v) is 14.7. The van der Waals surface area contributed by atoms with Crippen molar-refractivity contribution < 1.29 is 14.4 Å². The number of aromatic amines is 1. The average Bonchev–Trinajstić information content (AvgIpc) is 3.23. The van der Waals surface area contributed by atoms with Crippen LogP contribution in [0.2, 0.25) is 0 Å². The number of carbonyl (C=O) groups excluding carboxylic acids is 3. The highest BCUT2D eigenvalue weighted by molar-refractivity contribution is 5.95. The number of amides is 3. The highest BCUT2D eigenvalue weighted by Crippen LogP contribution is 2.65. The maximum absolute atomic E-state index is 14.2. The maximum Gasteiger partial charge on any atom is 0.251 e. The van der Waals surface area contributed by atoms with Crippen LogP contribution in [0.1, 0.15) is 51.6 Å². The fourth-order valence-electron chi connectivity index (χ4n) is 6.53. The van der Waals surface area contributed by atoms with E-state index in [-0.39, 0.29) is 35.1 Å². The van der Waals surface area contributed by atoms with Crippen LogP contribution in [0.3, 0.4) is 0 Å². The van der Waals surface area contributed by atoms with Gasteiger partial charge in [-0.2, -0.15) is 0 Å². The topological polar surface area (TPSA) is 163 Å². The Balaban J connectivity index is 1.40. The molecule has 3 aromatic rings. The van der Waals surface area contributed by atoms with Crippen LogP contribution in [0, 0.1) is 36.5 Å². The molecule has 1 aliphatic carbocycles. The van der Waals surface area contributed by atoms with Crippen molar-refractivity contribution in [3.05, 3.63) is 63.8 Å². The van der Waals surface area contributed by atoms with Crippen LogP contribution in [-0.4, -0.2) is 62.2 Å². The Morgan fingerprint density at radius 3 is 2.53 bits per heavy atom. The number of benzene rings is 1. The van der Waals surface area contributed by atoms with Gasteiger partial charge in [-0.3, -0.25) is 19.2 Å². The van der Waals surface area contributed by atoms with Crippen LogP contribution in [0.25, 0.3) is 10.9 Å². The summed E-state index contributed by atoms with van der Waals surface area (Å²) in [6.07, 6.45) is 1.56. The molecule has 1 aliphatic heterocycles. The molecule has 0 bridgehead atoms. The molecule has 5 unspecified atom stereocenters. The fraction of sp³-hybridized carbons (Fsp3) is 0.500. The zero-order valence-electron chi connectivity index (χ0n) is 25.8. The Morgan fingerprint density at radius 1 is 1.16 bits per heavy atom. The molecule has 228 valence electrons. The van der Waals surface area contributed by atoms with E-state index in [0.29, 0.717) is 29.3 Å². The summed E-state index contributed by atoms with van der Waals surface area (Å²) >= 11 is 0. The summed E-state index contributed by atoms with van der Waals surface area (Å²) < 4.78 is 0. The summed E-state index contributed by atoms with van der Waals surface area (Å²) in [6, 6.07) is 6.51. The summed E-state index contributed by atoms with van der Waals surface area (Å²) in [5.41, 5.74) is 6.79. The van der Waals surface area contributed by atoms with Crippen LogP contribution in [0.5, 0.6) is 0 Å². The predicted octanol–water partition coefficient (Wildman–Crippen LogP) is 2.46. The SMILES string of the molecule is Cc1ccc2[nH]c(=O)c(CC(NC(=O)C3C4C(CN3C(=O)C(Nc3ccnc(C)n3)C(C)(C)C)C4(C)C)C(N)=O)cc2c1. The summed E-state index contributed by atoms with van der Waals surface area (Å²) in [6.45, 7) is 14.2. The Labute approximate surface area is 251 Å². The molecule has 43 heavy (non-hydrogen) atoms. The number of aromatic nitrogens is 3. The predicted molar refractivity (Wildman–Crippen MR) is 164 cm³/mol. The first-order valence-electron chi connectivity index (χ1n) is 14.7. The molecule has 0 spiro atoms. The van der Waals surface area contributed by atoms with Gasteiger partial charge in [-0.15, -0.1) is 0 Å². The largest absolute Gasteiger partial charge is 0.368 e. The number of nitrogens with zero attached hydrogens (tertiary/aromatic N) is 3. The van der Waals surface area contributed by atoms with Gasteiger partial charge in [0.2, 0.25) is 17.7 Å². The van der Waals surface area contributed by atoms with Gasteiger partial charge in [0.05, 0.1) is 0 Å². The third-order valence-electron chi connectivity index (χ3n) is 9.10. The van der Waals surface area contributed by atoms with Crippen molar-refractivity contribution in [3.8, 4) is 0 Å². The number of fused-ring (bicyclic) bond motifs is 2. The lowest BCUT2D eigenvalue weighted by Gasteiger charge is -2.38. The monoisotopic (exact) mass is 587 g/mol. The number of carbonyl (C=O) groups is 3. The van der Waals surface area contributed by atoms with E-state index in [1.54, 1.807) is 30.2 Å². The van der Waals surface area contributed by atoms with Gasteiger partial charge >= 0.3 is 0 Å². The normalized spacial score (nSPS) is 22.0. The lowest BCUT2D eigenvalue weighted by atomic mass is 9.85. The molecule has 2 aliphatic rings. The minimum absolute atomic E-state index is 0.0704. The molecule has 11 heteroatoms. The number of pyridine rings is 1. The quantitative estimate of drug-likeness (QED) is 0.315. The maximum atomic E-state index is 14.2. The zero-order chi connectivity index (χ0) is 31.4. The van der Waals surface area contributed by atoms with Gasteiger partial charge in [0.15, 0.2) is 0 Å². The number of nitrogens with one attached hydrogen (secondary N) is 3. The van der Waals surface area contributed by atoms with Crippen LogP contribution in [0.4, 0.5) is 5.82 Å². The van der Waals surface area contributed by atoms with E-state index in [1.165, 1.54) is 0 Å². The van der Waals surface area contributed by atoms with Gasteiger partial charge in [-0.25, -0.2) is 9.97 Å². The Bertz CT molecular complexity index is 1660. The fourth-order valence-corrected chi connectivity index (χ4v) is 6.53. The van der Waals surface area contributed by atoms with Crippen LogP contribution >= 0.6 is 0 Å². The van der Waals surface area contributed by atoms with Crippen LogP contribution < -0.4 is 21.9 Å². The van der Waals surface area contributed by atoms with Gasteiger partial charge < -0.3 is 26.3 Å². The molecule has 1 aromatic carbocycles. The van der Waals surface area contributed by atoms with Crippen molar-refractivity contribution in [2.24, 2.45) is 28.4 Å². The van der Waals surface area contributed by atoms with Crippen molar-refractivity contribution in [2.75, 3.05) is 11.9 Å². The Morgan fingerprint density at radius 2 is 1.88 bits per heavy atom. The third-order valence-corrected chi connectivity index (χ3v) is 9.10. The number of piperidine rings is 1. The zero-order valence-corrected chi connectivity index (χ0v) is 25.8. The number of hydrogen-bond donors (Lipinski definition) is 4. The average molecular weight is 588 g/mol. The van der Waals surface area contributed by atoms with Crippen LogP contribution in [0.15, 0.2) is 41.3 Å². The van der Waals surface area contributed by atoms with E-state index >= 15 is 0 Å². The Hall–Kier alpha value is -4.28. The molecule has 5 rings (SSSR count). The van der Waals surface area contributed by atoms with Gasteiger partial charge in [0.1, 0.15) is 29.8 Å². The standard InChI is InChI=1S/C32H41N7O4/c1-16-8-9-21-18(12-16)13-19(28(41)36-21)14-22(27(33)40)37-29(42)25-24-20(32(24,6)7)15-39(25)30(43)26(31(3,4)5)38-23-10-11-34-17(2)35-23/h8-13,20,22,24-26H,14-15H2,1-7H3,(H2,33,40)(H,36,41)(H,37,42)(H,34,35,38). The third kappa shape index (κ3) is 5.85. The lowest BCUT2D eigenvalue weighted by molar-refractivity contribution is -0.143. The number of primary amides is 1. The molecule has 2 fully saturated rings. The minimum atomic E-state index is -1.13. The summed E-state index contributed by atoms with van der Waals surface area (Å²) in [5.74, 6) is -0.252.